The first-order valence-electron chi connectivity index (χ1n) is 12.2. The third kappa shape index (κ3) is 10.4. The summed E-state index contributed by atoms with van der Waals surface area (Å²) in [5.74, 6) is -0.831. The number of hydrogen-bond acceptors (Lipinski definition) is 7. The Balaban J connectivity index is 3.25. The van der Waals surface area contributed by atoms with Crippen LogP contribution in [0.25, 0.3) is 0 Å². The molecule has 3 N–H and O–H groups in total. The van der Waals surface area contributed by atoms with E-state index in [0.717, 1.165) is 10.3 Å². The standard InChI is InChI=1S/C26H41N3O5S2/c1-18(2)16-23(27)26(32)29(20(5)30)24(17-19(3)4)25(31)28-21(12-14-35-6)13-15-36(33,34)22-10-8-7-9-11-22/h7-11,13,15,18-19,21,23-24H,12,14,16-17,27H2,1-6H3,(H,28,31)/b15-13+/t21-,23-,24-/m0/s1. The van der Waals surface area contributed by atoms with Crippen molar-refractivity contribution >= 4 is 39.3 Å². The Labute approximate surface area is 220 Å². The molecule has 1 rings (SSSR count). The van der Waals surface area contributed by atoms with Crippen molar-refractivity contribution in [3.63, 3.8) is 0 Å². The Kier molecular flexibility index (Phi) is 13.4. The zero-order chi connectivity index (χ0) is 27.5. The molecule has 0 aliphatic carbocycles. The van der Waals surface area contributed by atoms with Crippen molar-refractivity contribution in [2.24, 2.45) is 17.6 Å². The van der Waals surface area contributed by atoms with Gasteiger partial charge in [-0.15, -0.1) is 0 Å². The quantitative estimate of drug-likeness (QED) is 0.371. The first-order chi connectivity index (χ1) is 16.8. The Bertz CT molecular complexity index is 994. The highest BCUT2D eigenvalue weighted by Gasteiger charge is 2.36. The lowest BCUT2D eigenvalue weighted by Crippen LogP contribution is -2.57. The molecule has 0 spiro atoms. The van der Waals surface area contributed by atoms with Crippen LogP contribution in [0.1, 0.15) is 53.9 Å². The number of benzene rings is 1. The summed E-state index contributed by atoms with van der Waals surface area (Å²) >= 11 is 1.56. The number of nitrogens with two attached hydrogens (primary N) is 1. The molecular weight excluding hydrogens is 498 g/mol. The van der Waals surface area contributed by atoms with Crippen molar-refractivity contribution in [2.75, 3.05) is 12.0 Å². The Hall–Kier alpha value is -2.17. The number of hydrogen-bond donors (Lipinski definition) is 2. The van der Waals surface area contributed by atoms with Gasteiger partial charge < -0.3 is 11.1 Å². The lowest BCUT2D eigenvalue weighted by Gasteiger charge is -2.32. The molecule has 3 atom stereocenters. The van der Waals surface area contributed by atoms with Crippen LogP contribution in [0, 0.1) is 11.8 Å². The maximum Gasteiger partial charge on any atom is 0.246 e. The zero-order valence-electron chi connectivity index (χ0n) is 22.1. The third-order valence-electron chi connectivity index (χ3n) is 5.45. The van der Waals surface area contributed by atoms with E-state index in [9.17, 15) is 22.8 Å². The number of thioether (sulfide) groups is 1. The summed E-state index contributed by atoms with van der Waals surface area (Å²) in [5.41, 5.74) is 6.09. The maximum atomic E-state index is 13.5. The molecule has 0 saturated heterocycles. The minimum atomic E-state index is -3.70. The second-order valence-corrected chi connectivity index (χ2v) is 12.5. The van der Waals surface area contributed by atoms with E-state index in [-0.39, 0.29) is 23.2 Å². The molecule has 0 aliphatic rings. The molecule has 0 radical (unpaired) electrons. The van der Waals surface area contributed by atoms with E-state index in [0.29, 0.717) is 18.6 Å². The fourth-order valence-corrected chi connectivity index (χ4v) is 5.30. The van der Waals surface area contributed by atoms with E-state index < -0.39 is 45.7 Å². The smallest absolute Gasteiger partial charge is 0.246 e. The molecule has 0 saturated carbocycles. The van der Waals surface area contributed by atoms with Gasteiger partial charge in [0, 0.05) is 18.4 Å². The van der Waals surface area contributed by atoms with Crippen LogP contribution in [-0.4, -0.2) is 61.2 Å². The first kappa shape index (κ1) is 31.9. The van der Waals surface area contributed by atoms with Crippen molar-refractivity contribution in [1.29, 1.82) is 0 Å². The highest BCUT2D eigenvalue weighted by Crippen LogP contribution is 2.18. The van der Waals surface area contributed by atoms with Crippen molar-refractivity contribution in [3.05, 3.63) is 41.8 Å². The Morgan fingerprint density at radius 2 is 1.64 bits per heavy atom. The van der Waals surface area contributed by atoms with Crippen LogP contribution in [-0.2, 0) is 24.2 Å². The highest BCUT2D eigenvalue weighted by molar-refractivity contribution is 7.98. The van der Waals surface area contributed by atoms with Crippen LogP contribution in [0.3, 0.4) is 0 Å². The monoisotopic (exact) mass is 539 g/mol. The van der Waals surface area contributed by atoms with Gasteiger partial charge in [0.05, 0.1) is 10.9 Å². The molecule has 0 fully saturated rings. The molecule has 1 aromatic rings. The summed E-state index contributed by atoms with van der Waals surface area (Å²) in [6, 6.07) is 5.46. The highest BCUT2D eigenvalue weighted by atomic mass is 32.2. The van der Waals surface area contributed by atoms with Gasteiger partial charge in [0.1, 0.15) is 6.04 Å². The third-order valence-corrected chi connectivity index (χ3v) is 7.54. The van der Waals surface area contributed by atoms with E-state index >= 15 is 0 Å². The molecular formula is C26H41N3O5S2. The van der Waals surface area contributed by atoms with Crippen molar-refractivity contribution < 1.29 is 22.8 Å². The molecule has 3 amide bonds. The SMILES string of the molecule is CSCC[C@@H](/C=C/S(=O)(=O)c1ccccc1)NC(=O)[C@H](CC(C)C)N(C(C)=O)C(=O)[C@@H](N)CC(C)C. The molecule has 202 valence electrons. The second kappa shape index (κ2) is 15.2. The summed E-state index contributed by atoms with van der Waals surface area (Å²) < 4.78 is 25.4. The summed E-state index contributed by atoms with van der Waals surface area (Å²) in [6.07, 6.45) is 4.48. The molecule has 8 nitrogen and oxygen atoms in total. The summed E-state index contributed by atoms with van der Waals surface area (Å²) in [4.78, 5) is 40.2. The second-order valence-electron chi connectivity index (χ2n) is 9.69. The molecule has 0 bridgehead atoms. The van der Waals surface area contributed by atoms with Crippen molar-refractivity contribution in [1.82, 2.24) is 10.2 Å². The molecule has 0 heterocycles. The van der Waals surface area contributed by atoms with Gasteiger partial charge in [-0.1, -0.05) is 52.0 Å². The number of imide groups is 1. The van der Waals surface area contributed by atoms with E-state index in [1.54, 1.807) is 30.0 Å². The Morgan fingerprint density at radius 3 is 2.14 bits per heavy atom. The van der Waals surface area contributed by atoms with Gasteiger partial charge in [0.15, 0.2) is 9.84 Å². The summed E-state index contributed by atoms with van der Waals surface area (Å²) in [6.45, 7) is 8.90. The van der Waals surface area contributed by atoms with Gasteiger partial charge in [-0.3, -0.25) is 19.3 Å². The van der Waals surface area contributed by atoms with Crippen LogP contribution < -0.4 is 11.1 Å². The number of carbonyl (C=O) groups is 3. The first-order valence-corrected chi connectivity index (χ1v) is 15.1. The Morgan fingerprint density at radius 1 is 1.06 bits per heavy atom. The topological polar surface area (TPSA) is 127 Å². The van der Waals surface area contributed by atoms with E-state index in [1.807, 2.05) is 34.0 Å². The average Bonchev–Trinajstić information content (AvgIpc) is 2.79. The predicted molar refractivity (Wildman–Crippen MR) is 146 cm³/mol. The van der Waals surface area contributed by atoms with Crippen LogP contribution in [0.15, 0.2) is 46.7 Å². The van der Waals surface area contributed by atoms with Crippen molar-refractivity contribution in [3.8, 4) is 0 Å². The van der Waals surface area contributed by atoms with Gasteiger partial charge in [0.25, 0.3) is 0 Å². The van der Waals surface area contributed by atoms with Crippen LogP contribution in [0.4, 0.5) is 0 Å². The van der Waals surface area contributed by atoms with Crippen LogP contribution in [0.5, 0.6) is 0 Å². The van der Waals surface area contributed by atoms with Gasteiger partial charge in [-0.25, -0.2) is 8.42 Å². The summed E-state index contributed by atoms with van der Waals surface area (Å²) in [7, 11) is -3.70. The number of carbonyl (C=O) groups excluding carboxylic acids is 3. The van der Waals surface area contributed by atoms with E-state index in [2.05, 4.69) is 5.32 Å². The minimum Gasteiger partial charge on any atom is -0.348 e. The van der Waals surface area contributed by atoms with Gasteiger partial charge in [0.2, 0.25) is 17.7 Å². The number of rotatable bonds is 14. The molecule has 36 heavy (non-hydrogen) atoms. The summed E-state index contributed by atoms with van der Waals surface area (Å²) in [5, 5.41) is 3.96. The predicted octanol–water partition coefficient (Wildman–Crippen LogP) is 3.38. The lowest BCUT2D eigenvalue weighted by atomic mass is 9.98. The fourth-order valence-electron chi connectivity index (χ4n) is 3.72. The largest absolute Gasteiger partial charge is 0.348 e. The van der Waals surface area contributed by atoms with Crippen LogP contribution in [0.2, 0.25) is 0 Å². The van der Waals surface area contributed by atoms with Crippen LogP contribution >= 0.6 is 11.8 Å². The lowest BCUT2D eigenvalue weighted by molar-refractivity contribution is -0.152. The number of nitrogens with one attached hydrogen (secondary N) is 1. The molecule has 0 unspecified atom stereocenters. The zero-order valence-corrected chi connectivity index (χ0v) is 23.8. The molecule has 0 aromatic heterocycles. The molecule has 1 aromatic carbocycles. The van der Waals surface area contributed by atoms with E-state index in [1.165, 1.54) is 25.1 Å². The maximum absolute atomic E-state index is 13.5. The number of amides is 3. The normalized spacial score (nSPS) is 14.6. The van der Waals surface area contributed by atoms with Gasteiger partial charge in [-0.05, 0) is 55.2 Å². The van der Waals surface area contributed by atoms with E-state index in [4.69, 9.17) is 5.73 Å². The molecule has 10 heteroatoms. The van der Waals surface area contributed by atoms with Crippen molar-refractivity contribution in [2.45, 2.75) is 76.9 Å². The van der Waals surface area contributed by atoms with Gasteiger partial charge in [-0.2, -0.15) is 11.8 Å². The average molecular weight is 540 g/mol. The molecule has 0 aliphatic heterocycles. The van der Waals surface area contributed by atoms with Gasteiger partial charge >= 0.3 is 0 Å². The minimum absolute atomic E-state index is 0.00960. The fraction of sp³-hybridized carbons (Fsp3) is 0.577. The number of sulfone groups is 1. The number of nitrogens with zero attached hydrogens (tertiary/aromatic N) is 1.